The van der Waals surface area contributed by atoms with E-state index in [-0.39, 0.29) is 21.1 Å². The van der Waals surface area contributed by atoms with Crippen molar-refractivity contribution in [3.05, 3.63) is 57.4 Å². The van der Waals surface area contributed by atoms with Crippen LogP contribution < -0.4 is 5.14 Å². The lowest BCUT2D eigenvalue weighted by Gasteiger charge is -2.16. The van der Waals surface area contributed by atoms with Crippen LogP contribution in [0.25, 0.3) is 6.08 Å². The lowest BCUT2D eigenvalue weighted by molar-refractivity contribution is 0.601. The third kappa shape index (κ3) is 2.37. The van der Waals surface area contributed by atoms with Gasteiger partial charge in [-0.05, 0) is 36.1 Å². The predicted octanol–water partition coefficient (Wildman–Crippen LogP) is 1.71. The first-order valence-electron chi connectivity index (χ1n) is 6.29. The van der Waals surface area contributed by atoms with E-state index in [2.05, 4.69) is 0 Å². The zero-order valence-corrected chi connectivity index (χ0v) is 12.6. The van der Waals surface area contributed by atoms with Gasteiger partial charge in [-0.1, -0.05) is 30.4 Å². The van der Waals surface area contributed by atoms with Crippen molar-refractivity contribution in [2.24, 2.45) is 5.14 Å². The smallest absolute Gasteiger partial charge is 0.225 e. The molecule has 1 aromatic carbocycles. The molecule has 0 bridgehead atoms. The molecule has 1 aliphatic carbocycles. The fourth-order valence-electron chi connectivity index (χ4n) is 2.50. The number of allylic oxidation sites excluding steroid dienone is 4. The lowest BCUT2D eigenvalue weighted by atomic mass is 10.0. The van der Waals surface area contributed by atoms with Gasteiger partial charge >= 0.3 is 0 Å². The average molecular weight is 323 g/mol. The Morgan fingerprint density at radius 2 is 1.76 bits per heavy atom. The van der Waals surface area contributed by atoms with Crippen molar-refractivity contribution in [3.8, 4) is 0 Å². The summed E-state index contributed by atoms with van der Waals surface area (Å²) >= 11 is 0. The third-order valence-electron chi connectivity index (χ3n) is 3.58. The monoisotopic (exact) mass is 323 g/mol. The van der Waals surface area contributed by atoms with Crippen LogP contribution in [-0.4, -0.2) is 16.8 Å². The molecule has 0 saturated heterocycles. The molecular formula is C14H13NO4S2. The van der Waals surface area contributed by atoms with Gasteiger partial charge in [0.05, 0.1) is 14.7 Å². The number of benzene rings is 1. The predicted molar refractivity (Wildman–Crippen MR) is 80.1 cm³/mol. The molecule has 0 aromatic heterocycles. The fraction of sp³-hybridized carbons (Fsp3) is 0.143. The van der Waals surface area contributed by atoms with Gasteiger partial charge in [-0.2, -0.15) is 0 Å². The summed E-state index contributed by atoms with van der Waals surface area (Å²) < 4.78 is 48.5. The lowest BCUT2D eigenvalue weighted by Crippen LogP contribution is -2.18. The van der Waals surface area contributed by atoms with Gasteiger partial charge in [-0.3, -0.25) is 0 Å². The van der Waals surface area contributed by atoms with E-state index >= 15 is 0 Å². The number of nitrogens with two attached hydrogens (primary N) is 1. The van der Waals surface area contributed by atoms with Gasteiger partial charge in [-0.15, -0.1) is 0 Å². The maximum atomic E-state index is 12.8. The molecule has 21 heavy (non-hydrogen) atoms. The van der Waals surface area contributed by atoms with Crippen LogP contribution >= 0.6 is 0 Å². The minimum Gasteiger partial charge on any atom is -0.225 e. The van der Waals surface area contributed by atoms with E-state index in [1.807, 2.05) is 0 Å². The van der Waals surface area contributed by atoms with E-state index in [9.17, 15) is 16.8 Å². The number of sulfone groups is 1. The number of sulfonamides is 1. The van der Waals surface area contributed by atoms with Crippen molar-refractivity contribution in [2.45, 2.75) is 17.7 Å². The molecule has 0 unspecified atom stereocenters. The zero-order chi connectivity index (χ0) is 15.3. The molecule has 7 heteroatoms. The minimum atomic E-state index is -3.88. The van der Waals surface area contributed by atoms with E-state index in [1.54, 1.807) is 30.4 Å². The molecule has 1 aliphatic heterocycles. The molecule has 1 heterocycles. The number of hydrogen-bond acceptors (Lipinski definition) is 4. The van der Waals surface area contributed by atoms with Crippen LogP contribution in [0.2, 0.25) is 0 Å². The molecule has 0 fully saturated rings. The molecule has 0 radical (unpaired) electrons. The van der Waals surface area contributed by atoms with E-state index in [0.717, 1.165) is 0 Å². The summed E-state index contributed by atoms with van der Waals surface area (Å²) in [6, 6.07) is 6.63. The maximum Gasteiger partial charge on any atom is 0.234 e. The molecule has 2 aliphatic rings. The molecule has 0 amide bonds. The first-order chi connectivity index (χ1) is 9.80. The Balaban J connectivity index is 2.28. The van der Waals surface area contributed by atoms with E-state index in [0.29, 0.717) is 17.6 Å². The summed E-state index contributed by atoms with van der Waals surface area (Å²) in [4.78, 5) is 0.162. The Hall–Kier alpha value is -1.70. The normalized spacial score (nSPS) is 20.3. The van der Waals surface area contributed by atoms with E-state index in [4.69, 9.17) is 5.14 Å². The maximum absolute atomic E-state index is 12.8. The summed E-state index contributed by atoms with van der Waals surface area (Å²) in [6.07, 6.45) is 5.21. The van der Waals surface area contributed by atoms with Gasteiger partial charge in [-0.25, -0.2) is 22.0 Å². The van der Waals surface area contributed by atoms with Crippen LogP contribution in [0.3, 0.4) is 0 Å². The van der Waals surface area contributed by atoms with Crippen LogP contribution in [-0.2, 0) is 19.9 Å². The van der Waals surface area contributed by atoms with Crippen molar-refractivity contribution in [1.82, 2.24) is 0 Å². The quantitative estimate of drug-likeness (QED) is 0.851. The molecule has 1 aromatic rings. The second-order valence-electron chi connectivity index (χ2n) is 4.92. The van der Waals surface area contributed by atoms with Crippen LogP contribution in [0.15, 0.2) is 56.7 Å². The number of hydrogen-bond donors (Lipinski definition) is 1. The van der Waals surface area contributed by atoms with Gasteiger partial charge in [0.2, 0.25) is 19.9 Å². The number of rotatable bonds is 1. The fourth-order valence-corrected chi connectivity index (χ4v) is 5.00. The van der Waals surface area contributed by atoms with Crippen LogP contribution in [0.5, 0.6) is 0 Å². The molecule has 0 spiro atoms. The van der Waals surface area contributed by atoms with Gasteiger partial charge in [0, 0.05) is 0 Å². The van der Waals surface area contributed by atoms with Crippen molar-refractivity contribution in [3.63, 3.8) is 0 Å². The highest BCUT2D eigenvalue weighted by molar-refractivity contribution is 7.96. The third-order valence-corrected chi connectivity index (χ3v) is 6.54. The van der Waals surface area contributed by atoms with Crippen molar-refractivity contribution in [2.75, 3.05) is 0 Å². The van der Waals surface area contributed by atoms with E-state index in [1.165, 1.54) is 12.1 Å². The molecular weight excluding hydrogens is 310 g/mol. The van der Waals surface area contributed by atoms with Crippen LogP contribution in [0.1, 0.15) is 18.4 Å². The Bertz CT molecular complexity index is 919. The molecule has 110 valence electrons. The molecule has 0 saturated carbocycles. The Labute approximate surface area is 123 Å². The van der Waals surface area contributed by atoms with Crippen molar-refractivity contribution < 1.29 is 16.8 Å². The van der Waals surface area contributed by atoms with Crippen molar-refractivity contribution in [1.29, 1.82) is 0 Å². The largest absolute Gasteiger partial charge is 0.234 e. The summed E-state index contributed by atoms with van der Waals surface area (Å²) in [6.45, 7) is 0. The topological polar surface area (TPSA) is 94.3 Å². The van der Waals surface area contributed by atoms with Crippen LogP contribution in [0.4, 0.5) is 0 Å². The zero-order valence-electron chi connectivity index (χ0n) is 11.0. The average Bonchev–Trinajstić information content (AvgIpc) is 2.54. The van der Waals surface area contributed by atoms with Gasteiger partial charge in [0.1, 0.15) is 0 Å². The summed E-state index contributed by atoms with van der Waals surface area (Å²) in [7, 11) is -7.63. The second kappa shape index (κ2) is 4.66. The van der Waals surface area contributed by atoms with Crippen LogP contribution in [0, 0.1) is 0 Å². The highest BCUT2D eigenvalue weighted by Crippen LogP contribution is 2.37. The highest BCUT2D eigenvalue weighted by Gasteiger charge is 2.30. The Kier molecular flexibility index (Phi) is 3.16. The number of fused-ring (bicyclic) bond motifs is 1. The molecule has 0 atom stereocenters. The highest BCUT2D eigenvalue weighted by atomic mass is 32.2. The van der Waals surface area contributed by atoms with Gasteiger partial charge in [0.25, 0.3) is 0 Å². The first-order valence-corrected chi connectivity index (χ1v) is 9.32. The molecule has 5 nitrogen and oxygen atoms in total. The van der Waals surface area contributed by atoms with E-state index < -0.39 is 19.9 Å². The SMILES string of the molecule is NS(=O)(=O)C1=CC2=C(C=Cc3ccccc3S2(=O)=O)CC1. The summed E-state index contributed by atoms with van der Waals surface area (Å²) in [5.74, 6) is 0. The van der Waals surface area contributed by atoms with Gasteiger partial charge in [0.15, 0.2) is 0 Å². The summed E-state index contributed by atoms with van der Waals surface area (Å²) in [5.41, 5.74) is 1.20. The number of primary sulfonamides is 1. The molecule has 3 rings (SSSR count). The Morgan fingerprint density at radius 3 is 2.48 bits per heavy atom. The molecule has 2 N–H and O–H groups in total. The first kappa shape index (κ1) is 14.2. The minimum absolute atomic E-state index is 0.0268. The summed E-state index contributed by atoms with van der Waals surface area (Å²) in [5, 5.41) is 5.12. The van der Waals surface area contributed by atoms with Crippen molar-refractivity contribution >= 4 is 25.9 Å². The Morgan fingerprint density at radius 1 is 1.05 bits per heavy atom. The second-order valence-corrected chi connectivity index (χ2v) is 8.42. The van der Waals surface area contributed by atoms with Gasteiger partial charge < -0.3 is 0 Å². The standard InChI is InChI=1S/C14H13NO4S2/c15-21(18,19)12-8-7-11-6-5-10-3-1-2-4-13(10)20(16,17)14(11)9-12/h1-6,9H,7-8H2,(H2,15,18,19).